The lowest BCUT2D eigenvalue weighted by molar-refractivity contribution is 0.494. The number of benzene rings is 1. The molecule has 2 unspecified atom stereocenters. The number of hydrogen-bond acceptors (Lipinski definition) is 2. The highest BCUT2D eigenvalue weighted by Crippen LogP contribution is 2.18. The van der Waals surface area contributed by atoms with Gasteiger partial charge in [0.1, 0.15) is 10.8 Å². The van der Waals surface area contributed by atoms with Crippen LogP contribution in [0.1, 0.15) is 32.8 Å². The molecular weight excluding hydrogens is 235 g/mol. The molecule has 0 aliphatic rings. The van der Waals surface area contributed by atoms with Crippen molar-refractivity contribution in [3.63, 3.8) is 0 Å². The maximum absolute atomic E-state index is 13.6. The first-order valence-electron chi connectivity index (χ1n) is 5.81. The Morgan fingerprint density at radius 1 is 1.47 bits per heavy atom. The van der Waals surface area contributed by atoms with Crippen molar-refractivity contribution in [3.05, 3.63) is 29.6 Å². The molecule has 0 saturated carbocycles. The molecule has 3 N–H and O–H groups in total. The molecule has 1 rings (SSSR count). The summed E-state index contributed by atoms with van der Waals surface area (Å²) >= 11 is 4.76. The zero-order chi connectivity index (χ0) is 13.0. The molecule has 1 aromatic rings. The second-order valence-corrected chi connectivity index (χ2v) is 4.82. The quantitative estimate of drug-likeness (QED) is 0.792. The average Bonchev–Trinajstić information content (AvgIpc) is 2.27. The number of anilines is 1. The summed E-state index contributed by atoms with van der Waals surface area (Å²) in [6.07, 6.45) is 1.08. The van der Waals surface area contributed by atoms with E-state index in [-0.39, 0.29) is 10.8 Å². The van der Waals surface area contributed by atoms with Gasteiger partial charge in [-0.05, 0) is 31.0 Å². The molecule has 0 heterocycles. The van der Waals surface area contributed by atoms with Gasteiger partial charge in [0, 0.05) is 17.3 Å². The highest BCUT2D eigenvalue weighted by atomic mass is 32.1. The third kappa shape index (κ3) is 3.66. The van der Waals surface area contributed by atoms with Gasteiger partial charge in [0.15, 0.2) is 0 Å². The summed E-state index contributed by atoms with van der Waals surface area (Å²) in [6.45, 7) is 6.39. The standard InChI is InChI=1S/C13H19FN2S/c1-4-8(2)9(3)16-10-5-6-11(13(15)17)12(14)7-10/h5-9,16H,4H2,1-3H3,(H2,15,17). The maximum atomic E-state index is 13.6. The van der Waals surface area contributed by atoms with E-state index in [1.807, 2.05) is 0 Å². The van der Waals surface area contributed by atoms with Crippen molar-refractivity contribution in [2.24, 2.45) is 11.7 Å². The fourth-order valence-corrected chi connectivity index (χ4v) is 1.73. The second-order valence-electron chi connectivity index (χ2n) is 4.38. The molecule has 0 aromatic heterocycles. The summed E-state index contributed by atoms with van der Waals surface area (Å²) in [6, 6.07) is 5.16. The van der Waals surface area contributed by atoms with Crippen LogP contribution in [0.15, 0.2) is 18.2 Å². The molecule has 0 aliphatic carbocycles. The van der Waals surface area contributed by atoms with Gasteiger partial charge in [-0.25, -0.2) is 4.39 Å². The molecule has 0 bridgehead atoms. The summed E-state index contributed by atoms with van der Waals surface area (Å²) < 4.78 is 13.6. The van der Waals surface area contributed by atoms with Gasteiger partial charge < -0.3 is 11.1 Å². The van der Waals surface area contributed by atoms with Crippen LogP contribution in [0.2, 0.25) is 0 Å². The fourth-order valence-electron chi connectivity index (χ4n) is 1.56. The molecule has 0 aliphatic heterocycles. The number of halogens is 1. The van der Waals surface area contributed by atoms with Gasteiger partial charge in [-0.2, -0.15) is 0 Å². The van der Waals surface area contributed by atoms with Crippen LogP contribution in [-0.4, -0.2) is 11.0 Å². The summed E-state index contributed by atoms with van der Waals surface area (Å²) in [5, 5.41) is 3.28. The highest BCUT2D eigenvalue weighted by Gasteiger charge is 2.11. The van der Waals surface area contributed by atoms with E-state index in [0.717, 1.165) is 12.1 Å². The van der Waals surface area contributed by atoms with Crippen molar-refractivity contribution in [3.8, 4) is 0 Å². The summed E-state index contributed by atoms with van der Waals surface area (Å²) in [5.74, 6) is 0.159. The Kier molecular flexibility index (Phi) is 4.87. The van der Waals surface area contributed by atoms with E-state index < -0.39 is 0 Å². The van der Waals surface area contributed by atoms with E-state index in [9.17, 15) is 4.39 Å². The molecule has 1 aromatic carbocycles. The maximum Gasteiger partial charge on any atom is 0.135 e. The molecule has 2 nitrogen and oxygen atoms in total. The average molecular weight is 254 g/mol. The first-order chi connectivity index (χ1) is 7.95. The summed E-state index contributed by atoms with van der Waals surface area (Å²) in [7, 11) is 0. The summed E-state index contributed by atoms with van der Waals surface area (Å²) in [5.41, 5.74) is 6.46. The number of hydrogen-bond donors (Lipinski definition) is 2. The minimum atomic E-state index is -0.376. The number of nitrogens with two attached hydrogens (primary N) is 1. The molecule has 0 fully saturated rings. The molecule has 0 radical (unpaired) electrons. The molecule has 2 atom stereocenters. The Morgan fingerprint density at radius 3 is 2.59 bits per heavy atom. The van der Waals surface area contributed by atoms with Crippen molar-refractivity contribution >= 4 is 22.9 Å². The van der Waals surface area contributed by atoms with Crippen LogP contribution in [0.25, 0.3) is 0 Å². The van der Waals surface area contributed by atoms with Crippen molar-refractivity contribution in [2.75, 3.05) is 5.32 Å². The van der Waals surface area contributed by atoms with Gasteiger partial charge in [-0.15, -0.1) is 0 Å². The third-order valence-electron chi connectivity index (χ3n) is 3.13. The Labute approximate surface area is 107 Å². The van der Waals surface area contributed by atoms with E-state index in [2.05, 4.69) is 26.1 Å². The third-order valence-corrected chi connectivity index (χ3v) is 3.35. The number of rotatable bonds is 5. The highest BCUT2D eigenvalue weighted by molar-refractivity contribution is 7.80. The van der Waals surface area contributed by atoms with Gasteiger partial charge in [0.25, 0.3) is 0 Å². The predicted octanol–water partition coefficient (Wildman–Crippen LogP) is 3.31. The monoisotopic (exact) mass is 254 g/mol. The molecule has 17 heavy (non-hydrogen) atoms. The van der Waals surface area contributed by atoms with Crippen molar-refractivity contribution in [1.29, 1.82) is 0 Å². The molecular formula is C13H19FN2S. The zero-order valence-corrected chi connectivity index (χ0v) is 11.3. The predicted molar refractivity (Wildman–Crippen MR) is 74.8 cm³/mol. The van der Waals surface area contributed by atoms with Crippen molar-refractivity contribution < 1.29 is 4.39 Å². The van der Waals surface area contributed by atoms with Crippen LogP contribution >= 0.6 is 12.2 Å². The largest absolute Gasteiger partial charge is 0.389 e. The van der Waals surface area contributed by atoms with Gasteiger partial charge in [0.05, 0.1) is 0 Å². The lowest BCUT2D eigenvalue weighted by atomic mass is 10.0. The van der Waals surface area contributed by atoms with E-state index in [0.29, 0.717) is 17.5 Å². The van der Waals surface area contributed by atoms with Gasteiger partial charge >= 0.3 is 0 Å². The topological polar surface area (TPSA) is 38.0 Å². The van der Waals surface area contributed by atoms with Crippen LogP contribution in [0.4, 0.5) is 10.1 Å². The molecule has 0 saturated heterocycles. The first-order valence-corrected chi connectivity index (χ1v) is 6.22. The zero-order valence-electron chi connectivity index (χ0n) is 10.5. The molecule has 0 amide bonds. The fraction of sp³-hybridized carbons (Fsp3) is 0.462. The van der Waals surface area contributed by atoms with Gasteiger partial charge in [-0.3, -0.25) is 0 Å². The van der Waals surface area contributed by atoms with Gasteiger partial charge in [0.2, 0.25) is 0 Å². The smallest absolute Gasteiger partial charge is 0.135 e. The Morgan fingerprint density at radius 2 is 2.12 bits per heavy atom. The van der Waals surface area contributed by atoms with Crippen molar-refractivity contribution in [1.82, 2.24) is 0 Å². The molecule has 0 spiro atoms. The lowest BCUT2D eigenvalue weighted by Crippen LogP contribution is -2.23. The molecule has 4 heteroatoms. The van der Waals surface area contributed by atoms with Crippen LogP contribution in [0, 0.1) is 11.7 Å². The van der Waals surface area contributed by atoms with E-state index in [1.54, 1.807) is 12.1 Å². The number of thiocarbonyl (C=S) groups is 1. The Hall–Kier alpha value is -1.16. The van der Waals surface area contributed by atoms with E-state index >= 15 is 0 Å². The first kappa shape index (κ1) is 13.9. The SMILES string of the molecule is CCC(C)C(C)Nc1ccc(C(N)=S)c(F)c1. The van der Waals surface area contributed by atoms with Crippen LogP contribution in [0.3, 0.4) is 0 Å². The number of nitrogens with one attached hydrogen (secondary N) is 1. The van der Waals surface area contributed by atoms with Crippen LogP contribution < -0.4 is 11.1 Å². The Bertz CT molecular complexity index is 406. The van der Waals surface area contributed by atoms with E-state index in [1.165, 1.54) is 6.07 Å². The second kappa shape index (κ2) is 5.96. The normalized spacial score (nSPS) is 14.1. The van der Waals surface area contributed by atoms with Crippen LogP contribution in [0.5, 0.6) is 0 Å². The Balaban J connectivity index is 2.81. The minimum absolute atomic E-state index is 0.0871. The minimum Gasteiger partial charge on any atom is -0.389 e. The van der Waals surface area contributed by atoms with E-state index in [4.69, 9.17) is 18.0 Å². The summed E-state index contributed by atoms with van der Waals surface area (Å²) in [4.78, 5) is 0.0871. The van der Waals surface area contributed by atoms with Crippen molar-refractivity contribution in [2.45, 2.75) is 33.2 Å². The van der Waals surface area contributed by atoms with Crippen LogP contribution in [-0.2, 0) is 0 Å². The lowest BCUT2D eigenvalue weighted by Gasteiger charge is -2.21. The molecule has 94 valence electrons. The van der Waals surface area contributed by atoms with Gasteiger partial charge in [-0.1, -0.05) is 32.5 Å².